The molecule has 2 aromatic carbocycles. The molecule has 3 rings (SSSR count). The summed E-state index contributed by atoms with van der Waals surface area (Å²) in [6, 6.07) is 13.5. The third kappa shape index (κ3) is 2.65. The van der Waals surface area contributed by atoms with Crippen molar-refractivity contribution in [3.8, 4) is 0 Å². The van der Waals surface area contributed by atoms with Crippen LogP contribution >= 0.6 is 11.6 Å². The fourth-order valence-electron chi connectivity index (χ4n) is 3.42. The SMILES string of the molecule is Cc1ccc([C@H]2[C@H](S(=O)(=O)c3ccc(Cl)cc3)C2(CO)CO)cc1. The maximum absolute atomic E-state index is 13.0. The van der Waals surface area contributed by atoms with Gasteiger partial charge in [0.2, 0.25) is 0 Å². The average Bonchev–Trinajstić information content (AvgIpc) is 3.26. The first-order valence-electron chi connectivity index (χ1n) is 7.64. The first-order valence-corrected chi connectivity index (χ1v) is 9.57. The van der Waals surface area contributed by atoms with Crippen LogP contribution in [0, 0.1) is 12.3 Å². The highest BCUT2D eigenvalue weighted by Crippen LogP contribution is 2.63. The molecular weight excluding hydrogens is 348 g/mol. The molecule has 0 unspecified atom stereocenters. The van der Waals surface area contributed by atoms with Gasteiger partial charge in [0.15, 0.2) is 9.84 Å². The second kappa shape index (κ2) is 6.15. The summed E-state index contributed by atoms with van der Waals surface area (Å²) in [5, 5.41) is 19.2. The molecule has 0 radical (unpaired) electrons. The largest absolute Gasteiger partial charge is 0.396 e. The third-order valence-electron chi connectivity index (χ3n) is 4.88. The van der Waals surface area contributed by atoms with Crippen molar-refractivity contribution in [1.29, 1.82) is 0 Å². The number of rotatable bonds is 5. The molecule has 4 nitrogen and oxygen atoms in total. The molecule has 2 atom stereocenters. The van der Waals surface area contributed by atoms with Gasteiger partial charge in [0.1, 0.15) is 0 Å². The molecule has 0 saturated heterocycles. The van der Waals surface area contributed by atoms with E-state index in [-0.39, 0.29) is 18.1 Å². The van der Waals surface area contributed by atoms with Crippen LogP contribution < -0.4 is 0 Å². The summed E-state index contributed by atoms with van der Waals surface area (Å²) in [6.45, 7) is 1.17. The summed E-state index contributed by atoms with van der Waals surface area (Å²) >= 11 is 5.83. The van der Waals surface area contributed by atoms with Crippen LogP contribution in [0.15, 0.2) is 53.4 Å². The zero-order chi connectivity index (χ0) is 17.5. The predicted molar refractivity (Wildman–Crippen MR) is 93.0 cm³/mol. The minimum absolute atomic E-state index is 0.151. The Morgan fingerprint density at radius 1 is 1.00 bits per heavy atom. The van der Waals surface area contributed by atoms with Gasteiger partial charge in [-0.1, -0.05) is 41.4 Å². The number of hydrogen-bond donors (Lipinski definition) is 2. The Morgan fingerprint density at radius 3 is 2.04 bits per heavy atom. The lowest BCUT2D eigenvalue weighted by Gasteiger charge is -2.11. The highest BCUT2D eigenvalue weighted by molar-refractivity contribution is 7.92. The van der Waals surface area contributed by atoms with E-state index in [1.165, 1.54) is 24.3 Å². The summed E-state index contributed by atoms with van der Waals surface area (Å²) in [7, 11) is -3.70. The van der Waals surface area contributed by atoms with Crippen LogP contribution in [0.1, 0.15) is 17.0 Å². The number of aliphatic hydroxyl groups is 2. The minimum atomic E-state index is -3.70. The lowest BCUT2D eigenvalue weighted by Crippen LogP contribution is -2.23. The first kappa shape index (κ1) is 17.4. The van der Waals surface area contributed by atoms with Gasteiger partial charge >= 0.3 is 0 Å². The maximum atomic E-state index is 13.0. The Balaban J connectivity index is 2.04. The van der Waals surface area contributed by atoms with Crippen molar-refractivity contribution in [3.63, 3.8) is 0 Å². The second-order valence-corrected chi connectivity index (χ2v) is 8.86. The van der Waals surface area contributed by atoms with E-state index in [0.717, 1.165) is 11.1 Å². The Labute approximate surface area is 146 Å². The van der Waals surface area contributed by atoms with Crippen molar-refractivity contribution in [2.24, 2.45) is 5.41 Å². The summed E-state index contributed by atoms with van der Waals surface area (Å²) < 4.78 is 26.0. The van der Waals surface area contributed by atoms with E-state index in [2.05, 4.69) is 0 Å². The Morgan fingerprint density at radius 2 is 1.54 bits per heavy atom. The summed E-state index contributed by atoms with van der Waals surface area (Å²) in [5.74, 6) is -0.436. The van der Waals surface area contributed by atoms with Crippen LogP contribution in [0.25, 0.3) is 0 Å². The lowest BCUT2D eigenvalue weighted by molar-refractivity contribution is 0.130. The first-order chi connectivity index (χ1) is 11.4. The van der Waals surface area contributed by atoms with Gasteiger partial charge in [0.05, 0.1) is 23.4 Å². The molecule has 6 heteroatoms. The predicted octanol–water partition coefficient (Wildman–Crippen LogP) is 2.56. The van der Waals surface area contributed by atoms with Gasteiger partial charge in [0.25, 0.3) is 0 Å². The summed E-state index contributed by atoms with van der Waals surface area (Å²) in [4.78, 5) is 0.151. The lowest BCUT2D eigenvalue weighted by atomic mass is 10.00. The second-order valence-electron chi connectivity index (χ2n) is 6.36. The van der Waals surface area contributed by atoms with Gasteiger partial charge in [-0.15, -0.1) is 0 Å². The molecule has 0 spiro atoms. The molecule has 0 heterocycles. The fourth-order valence-corrected chi connectivity index (χ4v) is 5.98. The van der Waals surface area contributed by atoms with E-state index in [9.17, 15) is 18.6 Å². The van der Waals surface area contributed by atoms with E-state index < -0.39 is 26.4 Å². The molecule has 1 saturated carbocycles. The van der Waals surface area contributed by atoms with E-state index >= 15 is 0 Å². The Hall–Kier alpha value is -1.40. The van der Waals surface area contributed by atoms with Crippen LogP contribution in [0.3, 0.4) is 0 Å². The Bertz CT molecular complexity index is 824. The van der Waals surface area contributed by atoms with E-state index in [1.807, 2.05) is 31.2 Å². The van der Waals surface area contributed by atoms with Crippen LogP contribution in [-0.4, -0.2) is 37.1 Å². The van der Waals surface area contributed by atoms with E-state index in [4.69, 9.17) is 11.6 Å². The van der Waals surface area contributed by atoms with Crippen molar-refractivity contribution >= 4 is 21.4 Å². The molecule has 24 heavy (non-hydrogen) atoms. The highest BCUT2D eigenvalue weighted by atomic mass is 35.5. The van der Waals surface area contributed by atoms with Gasteiger partial charge in [-0.3, -0.25) is 0 Å². The van der Waals surface area contributed by atoms with Crippen molar-refractivity contribution in [2.75, 3.05) is 13.2 Å². The molecule has 0 aromatic heterocycles. The van der Waals surface area contributed by atoms with Gasteiger partial charge in [-0.25, -0.2) is 8.42 Å². The summed E-state index contributed by atoms with van der Waals surface area (Å²) in [5.41, 5.74) is 0.814. The minimum Gasteiger partial charge on any atom is -0.396 e. The molecule has 1 aliphatic carbocycles. The fraction of sp³-hybridized carbons (Fsp3) is 0.333. The highest BCUT2D eigenvalue weighted by Gasteiger charge is 2.70. The van der Waals surface area contributed by atoms with Crippen molar-refractivity contribution in [1.82, 2.24) is 0 Å². The van der Waals surface area contributed by atoms with Crippen molar-refractivity contribution in [3.05, 3.63) is 64.7 Å². The molecule has 0 aliphatic heterocycles. The number of hydrogen-bond acceptors (Lipinski definition) is 4. The molecule has 2 N–H and O–H groups in total. The van der Waals surface area contributed by atoms with E-state index in [1.54, 1.807) is 0 Å². The van der Waals surface area contributed by atoms with Crippen LogP contribution in [0.5, 0.6) is 0 Å². The number of aryl methyl sites for hydroxylation is 1. The molecule has 0 bridgehead atoms. The number of sulfone groups is 1. The number of aliphatic hydroxyl groups excluding tert-OH is 2. The van der Waals surface area contributed by atoms with Crippen LogP contribution in [0.4, 0.5) is 0 Å². The van der Waals surface area contributed by atoms with E-state index in [0.29, 0.717) is 5.02 Å². The zero-order valence-electron chi connectivity index (χ0n) is 13.2. The number of halogens is 1. The van der Waals surface area contributed by atoms with Crippen molar-refractivity contribution < 1.29 is 18.6 Å². The molecule has 2 aromatic rings. The zero-order valence-corrected chi connectivity index (χ0v) is 14.8. The summed E-state index contributed by atoms with van der Waals surface area (Å²) in [6.07, 6.45) is 0. The van der Waals surface area contributed by atoms with Gasteiger partial charge in [0, 0.05) is 16.4 Å². The van der Waals surface area contributed by atoms with Gasteiger partial charge in [-0.05, 0) is 36.8 Å². The monoisotopic (exact) mass is 366 g/mol. The van der Waals surface area contributed by atoms with Crippen LogP contribution in [-0.2, 0) is 9.84 Å². The standard InChI is InChI=1S/C18H19ClO4S/c1-12-2-4-13(5-3-12)16-17(18(16,10-20)11-21)24(22,23)15-8-6-14(19)7-9-15/h2-9,16-17,20-21H,10-11H2,1H3/t16-,17-/m0/s1. The molecule has 0 amide bonds. The normalized spacial score (nSPS) is 22.3. The van der Waals surface area contributed by atoms with Crippen molar-refractivity contribution in [2.45, 2.75) is 23.0 Å². The van der Waals surface area contributed by atoms with Gasteiger partial charge < -0.3 is 10.2 Å². The van der Waals surface area contributed by atoms with Crippen LogP contribution in [0.2, 0.25) is 5.02 Å². The number of benzene rings is 2. The topological polar surface area (TPSA) is 74.6 Å². The molecular formula is C18H19ClO4S. The Kier molecular flexibility index (Phi) is 4.47. The average molecular weight is 367 g/mol. The maximum Gasteiger partial charge on any atom is 0.182 e. The van der Waals surface area contributed by atoms with Gasteiger partial charge in [-0.2, -0.15) is 0 Å². The molecule has 1 aliphatic rings. The third-order valence-corrected chi connectivity index (χ3v) is 7.47. The smallest absolute Gasteiger partial charge is 0.182 e. The molecule has 1 fully saturated rings. The molecule has 128 valence electrons. The quantitative estimate of drug-likeness (QED) is 0.852.